The van der Waals surface area contributed by atoms with Gasteiger partial charge in [-0.15, -0.1) is 0 Å². The first-order valence-corrected chi connectivity index (χ1v) is 6.82. The zero-order chi connectivity index (χ0) is 15.1. The summed E-state index contributed by atoms with van der Waals surface area (Å²) in [7, 11) is 4.98. The van der Waals surface area contributed by atoms with Gasteiger partial charge in [-0.2, -0.15) is 0 Å². The molecule has 2 rings (SSSR count). The van der Waals surface area contributed by atoms with Crippen molar-refractivity contribution >= 4 is 0 Å². The molecule has 0 heterocycles. The van der Waals surface area contributed by atoms with Crippen LogP contribution in [-0.2, 0) is 13.1 Å². The smallest absolute Gasteiger partial charge is 0.165 e. The molecule has 0 aliphatic heterocycles. The summed E-state index contributed by atoms with van der Waals surface area (Å²) in [5.74, 6) is 2.41. The van der Waals surface area contributed by atoms with Gasteiger partial charge in [0.25, 0.3) is 0 Å². The van der Waals surface area contributed by atoms with E-state index in [1.165, 1.54) is 0 Å². The maximum atomic E-state index is 5.43. The molecule has 0 radical (unpaired) electrons. The average Bonchev–Trinajstić information content (AvgIpc) is 2.54. The molecular formula is C17H21ClNO3-. The van der Waals surface area contributed by atoms with E-state index in [0.29, 0.717) is 6.54 Å². The van der Waals surface area contributed by atoms with Crippen molar-refractivity contribution < 1.29 is 26.6 Å². The lowest BCUT2D eigenvalue weighted by Gasteiger charge is -2.14. The topological polar surface area (TPSA) is 39.7 Å². The standard InChI is InChI=1S/C17H21NO3.ClH/c1-19-15-9-5-4-7-13(15)11-18-12-14-8-6-10-16(20-2)17(14)21-3;/h4-10,18H,11-12H2,1-3H3;1H/p-1. The Bertz CT molecular complexity index is 590. The van der Waals surface area contributed by atoms with Gasteiger partial charge >= 0.3 is 0 Å². The minimum Gasteiger partial charge on any atom is -1.00 e. The van der Waals surface area contributed by atoms with Gasteiger partial charge in [-0.25, -0.2) is 0 Å². The second-order valence-corrected chi connectivity index (χ2v) is 4.57. The van der Waals surface area contributed by atoms with Gasteiger partial charge < -0.3 is 31.9 Å². The van der Waals surface area contributed by atoms with Crippen molar-refractivity contribution in [3.63, 3.8) is 0 Å². The highest BCUT2D eigenvalue weighted by Gasteiger charge is 2.09. The van der Waals surface area contributed by atoms with Gasteiger partial charge in [0.2, 0.25) is 0 Å². The third-order valence-electron chi connectivity index (χ3n) is 3.31. The van der Waals surface area contributed by atoms with E-state index in [1.54, 1.807) is 21.3 Å². The lowest BCUT2D eigenvalue weighted by atomic mass is 10.1. The Hall–Kier alpha value is -1.91. The summed E-state index contributed by atoms with van der Waals surface area (Å²) < 4.78 is 16.1. The molecule has 22 heavy (non-hydrogen) atoms. The number of halogens is 1. The van der Waals surface area contributed by atoms with Crippen LogP contribution < -0.4 is 31.9 Å². The lowest BCUT2D eigenvalue weighted by Crippen LogP contribution is -3.00. The molecule has 1 N–H and O–H groups in total. The van der Waals surface area contributed by atoms with Gasteiger partial charge in [0.15, 0.2) is 11.5 Å². The molecule has 5 heteroatoms. The van der Waals surface area contributed by atoms with Crippen molar-refractivity contribution in [2.24, 2.45) is 0 Å². The molecule has 120 valence electrons. The highest BCUT2D eigenvalue weighted by atomic mass is 35.5. The number of nitrogens with one attached hydrogen (secondary N) is 1. The minimum atomic E-state index is 0. The van der Waals surface area contributed by atoms with Crippen LogP contribution in [0.1, 0.15) is 11.1 Å². The van der Waals surface area contributed by atoms with Crippen molar-refractivity contribution in [2.75, 3.05) is 21.3 Å². The molecule has 0 unspecified atom stereocenters. The number of methoxy groups -OCH3 is 3. The largest absolute Gasteiger partial charge is 1.00 e. The van der Waals surface area contributed by atoms with Crippen molar-refractivity contribution in [3.8, 4) is 17.2 Å². The summed E-state index contributed by atoms with van der Waals surface area (Å²) in [5, 5.41) is 3.40. The van der Waals surface area contributed by atoms with E-state index in [4.69, 9.17) is 14.2 Å². The van der Waals surface area contributed by atoms with Crippen molar-refractivity contribution in [1.29, 1.82) is 0 Å². The van der Waals surface area contributed by atoms with E-state index >= 15 is 0 Å². The van der Waals surface area contributed by atoms with Crippen LogP contribution in [0.15, 0.2) is 42.5 Å². The summed E-state index contributed by atoms with van der Waals surface area (Å²) >= 11 is 0. The van der Waals surface area contributed by atoms with Crippen LogP contribution in [0.2, 0.25) is 0 Å². The fourth-order valence-corrected chi connectivity index (χ4v) is 2.27. The number of hydrogen-bond donors (Lipinski definition) is 1. The Balaban J connectivity index is 0.00000242. The summed E-state index contributed by atoms with van der Waals surface area (Å²) in [4.78, 5) is 0. The number of ether oxygens (including phenoxy) is 3. The third kappa shape index (κ3) is 4.29. The van der Waals surface area contributed by atoms with Crippen LogP contribution in [0.4, 0.5) is 0 Å². The minimum absolute atomic E-state index is 0. The number of hydrogen-bond acceptors (Lipinski definition) is 4. The molecule has 0 saturated heterocycles. The number of para-hydroxylation sites is 2. The van der Waals surface area contributed by atoms with E-state index in [-0.39, 0.29) is 12.4 Å². The van der Waals surface area contributed by atoms with Crippen molar-refractivity contribution in [2.45, 2.75) is 13.1 Å². The summed E-state index contributed by atoms with van der Waals surface area (Å²) in [5.41, 5.74) is 2.19. The number of rotatable bonds is 7. The Labute approximate surface area is 137 Å². The first-order valence-electron chi connectivity index (χ1n) is 6.82. The first-order chi connectivity index (χ1) is 10.3. The van der Waals surface area contributed by atoms with Gasteiger partial charge in [-0.1, -0.05) is 30.3 Å². The van der Waals surface area contributed by atoms with Crippen LogP contribution in [0.3, 0.4) is 0 Å². The summed E-state index contributed by atoms with van der Waals surface area (Å²) in [6.07, 6.45) is 0. The average molecular weight is 323 g/mol. The van der Waals surface area contributed by atoms with Crippen LogP contribution in [-0.4, -0.2) is 21.3 Å². The molecule has 0 fully saturated rings. The molecule has 0 aliphatic carbocycles. The molecule has 0 amide bonds. The van der Waals surface area contributed by atoms with Crippen LogP contribution in [0.5, 0.6) is 17.2 Å². The molecular weight excluding hydrogens is 302 g/mol. The van der Waals surface area contributed by atoms with E-state index in [1.807, 2.05) is 36.4 Å². The second-order valence-electron chi connectivity index (χ2n) is 4.57. The molecule has 2 aromatic carbocycles. The maximum Gasteiger partial charge on any atom is 0.165 e. The van der Waals surface area contributed by atoms with E-state index in [0.717, 1.165) is 34.9 Å². The Morgan fingerprint density at radius 1 is 0.727 bits per heavy atom. The third-order valence-corrected chi connectivity index (χ3v) is 3.31. The Kier molecular flexibility index (Phi) is 7.57. The second kappa shape index (κ2) is 9.18. The van der Waals surface area contributed by atoms with Gasteiger partial charge in [0.05, 0.1) is 21.3 Å². The fraction of sp³-hybridized carbons (Fsp3) is 0.294. The highest BCUT2D eigenvalue weighted by molar-refractivity contribution is 5.46. The summed E-state index contributed by atoms with van der Waals surface area (Å²) in [6.45, 7) is 1.42. The molecule has 0 spiro atoms. The number of benzene rings is 2. The zero-order valence-corrected chi connectivity index (χ0v) is 13.8. The van der Waals surface area contributed by atoms with Gasteiger partial charge in [0, 0.05) is 24.2 Å². The van der Waals surface area contributed by atoms with E-state index < -0.39 is 0 Å². The molecule has 0 aliphatic rings. The van der Waals surface area contributed by atoms with Gasteiger partial charge in [0.1, 0.15) is 5.75 Å². The Morgan fingerprint density at radius 2 is 1.32 bits per heavy atom. The van der Waals surface area contributed by atoms with Crippen molar-refractivity contribution in [1.82, 2.24) is 5.32 Å². The molecule has 0 bridgehead atoms. The highest BCUT2D eigenvalue weighted by Crippen LogP contribution is 2.30. The first kappa shape index (κ1) is 18.1. The zero-order valence-electron chi connectivity index (χ0n) is 13.1. The van der Waals surface area contributed by atoms with E-state index in [9.17, 15) is 0 Å². The molecule has 0 aromatic heterocycles. The normalized spacial score (nSPS) is 9.77. The van der Waals surface area contributed by atoms with Crippen LogP contribution in [0, 0.1) is 0 Å². The SMILES string of the molecule is COc1ccccc1CNCc1cccc(OC)c1OC.[Cl-]. The monoisotopic (exact) mass is 322 g/mol. The summed E-state index contributed by atoms with van der Waals surface area (Å²) in [6, 6.07) is 13.9. The van der Waals surface area contributed by atoms with Crippen LogP contribution in [0.25, 0.3) is 0 Å². The fourth-order valence-electron chi connectivity index (χ4n) is 2.27. The predicted octanol–water partition coefficient (Wildman–Crippen LogP) is 0.00620. The lowest BCUT2D eigenvalue weighted by molar-refractivity contribution is -0.00000512. The van der Waals surface area contributed by atoms with E-state index in [2.05, 4.69) is 11.4 Å². The quantitative estimate of drug-likeness (QED) is 0.779. The molecule has 4 nitrogen and oxygen atoms in total. The molecule has 0 atom stereocenters. The molecule has 2 aromatic rings. The van der Waals surface area contributed by atoms with Gasteiger partial charge in [-0.05, 0) is 12.1 Å². The van der Waals surface area contributed by atoms with Gasteiger partial charge in [-0.3, -0.25) is 0 Å². The molecule has 0 saturated carbocycles. The predicted molar refractivity (Wildman–Crippen MR) is 83.1 cm³/mol. The van der Waals surface area contributed by atoms with Crippen molar-refractivity contribution in [3.05, 3.63) is 53.6 Å². The maximum absolute atomic E-state index is 5.43. The van der Waals surface area contributed by atoms with Crippen LogP contribution >= 0.6 is 0 Å². The Morgan fingerprint density at radius 3 is 2.00 bits per heavy atom.